The Labute approximate surface area is 125 Å². The van der Waals surface area contributed by atoms with Gasteiger partial charge in [0.1, 0.15) is 0 Å². The summed E-state index contributed by atoms with van der Waals surface area (Å²) in [5.41, 5.74) is 5.56. The lowest BCUT2D eigenvalue weighted by Crippen LogP contribution is -2.40. The highest BCUT2D eigenvalue weighted by molar-refractivity contribution is 9.10. The standard InChI is InChI=1S/C14H18BrF3N2/c1-9(19)10-4-6-20(7-5-10)13-3-2-11(15)8-12(13)14(16,17)18/h2-3,8-10H,4-7,19H2,1H3. The van der Waals surface area contributed by atoms with E-state index in [0.29, 0.717) is 23.5 Å². The van der Waals surface area contributed by atoms with Crippen LogP contribution in [-0.4, -0.2) is 19.1 Å². The van der Waals surface area contributed by atoms with E-state index in [4.69, 9.17) is 5.73 Å². The van der Waals surface area contributed by atoms with E-state index in [1.807, 2.05) is 11.8 Å². The minimum absolute atomic E-state index is 0.101. The molecule has 0 amide bonds. The zero-order valence-electron chi connectivity index (χ0n) is 11.3. The fraction of sp³-hybridized carbons (Fsp3) is 0.571. The number of nitrogens with two attached hydrogens (primary N) is 1. The van der Waals surface area contributed by atoms with Gasteiger partial charge in [-0.05, 0) is 43.9 Å². The van der Waals surface area contributed by atoms with Crippen molar-refractivity contribution >= 4 is 21.6 Å². The third-order valence-corrected chi connectivity index (χ3v) is 4.38. The second-order valence-electron chi connectivity index (χ2n) is 5.34. The highest BCUT2D eigenvalue weighted by Crippen LogP contribution is 2.39. The lowest BCUT2D eigenvalue weighted by Gasteiger charge is -2.36. The van der Waals surface area contributed by atoms with Crippen molar-refractivity contribution in [3.63, 3.8) is 0 Å². The molecule has 1 fully saturated rings. The zero-order chi connectivity index (χ0) is 14.9. The summed E-state index contributed by atoms with van der Waals surface area (Å²) in [6.07, 6.45) is -2.66. The molecule has 2 nitrogen and oxygen atoms in total. The van der Waals surface area contributed by atoms with Crippen LogP contribution in [-0.2, 0) is 6.18 Å². The van der Waals surface area contributed by atoms with Crippen LogP contribution in [0.5, 0.6) is 0 Å². The lowest BCUT2D eigenvalue weighted by atomic mass is 9.90. The number of benzene rings is 1. The second kappa shape index (κ2) is 5.93. The molecule has 1 aliphatic rings. The normalized spacial score (nSPS) is 19.2. The van der Waals surface area contributed by atoms with Gasteiger partial charge in [0.25, 0.3) is 0 Å². The minimum Gasteiger partial charge on any atom is -0.371 e. The number of nitrogens with zero attached hydrogens (tertiary/aromatic N) is 1. The van der Waals surface area contributed by atoms with Crippen LogP contribution >= 0.6 is 15.9 Å². The molecule has 1 aromatic rings. The summed E-state index contributed by atoms with van der Waals surface area (Å²) in [6.45, 7) is 3.20. The number of halogens is 4. The van der Waals surface area contributed by atoms with Gasteiger partial charge in [-0.2, -0.15) is 13.2 Å². The first kappa shape index (κ1) is 15.6. The van der Waals surface area contributed by atoms with Gasteiger partial charge in [-0.3, -0.25) is 0 Å². The maximum Gasteiger partial charge on any atom is 0.418 e. The molecule has 112 valence electrons. The van der Waals surface area contributed by atoms with Gasteiger partial charge in [0, 0.05) is 29.3 Å². The molecule has 0 aliphatic carbocycles. The molecule has 0 bridgehead atoms. The topological polar surface area (TPSA) is 29.3 Å². The Balaban J connectivity index is 2.22. The molecule has 0 radical (unpaired) electrons. The van der Waals surface area contributed by atoms with E-state index in [1.165, 1.54) is 0 Å². The number of rotatable bonds is 2. The van der Waals surface area contributed by atoms with Gasteiger partial charge in [0.2, 0.25) is 0 Å². The van der Waals surface area contributed by atoms with Crippen LogP contribution in [0.3, 0.4) is 0 Å². The van der Waals surface area contributed by atoms with Gasteiger partial charge in [-0.15, -0.1) is 0 Å². The number of hydrogen-bond acceptors (Lipinski definition) is 2. The third kappa shape index (κ3) is 3.47. The molecule has 1 aromatic carbocycles. The van der Waals surface area contributed by atoms with E-state index in [9.17, 15) is 13.2 Å². The van der Waals surface area contributed by atoms with Crippen LogP contribution in [0.2, 0.25) is 0 Å². The van der Waals surface area contributed by atoms with Crippen LogP contribution in [0.4, 0.5) is 18.9 Å². The van der Waals surface area contributed by atoms with E-state index in [1.54, 1.807) is 12.1 Å². The smallest absolute Gasteiger partial charge is 0.371 e. The third-order valence-electron chi connectivity index (χ3n) is 3.89. The summed E-state index contributed by atoms with van der Waals surface area (Å²) in [6, 6.07) is 4.44. The summed E-state index contributed by atoms with van der Waals surface area (Å²) in [4.78, 5) is 1.81. The van der Waals surface area contributed by atoms with Gasteiger partial charge in [0.15, 0.2) is 0 Å². The molecule has 1 saturated heterocycles. The van der Waals surface area contributed by atoms with Crippen molar-refractivity contribution in [1.29, 1.82) is 0 Å². The van der Waals surface area contributed by atoms with Gasteiger partial charge in [0.05, 0.1) is 5.56 Å². The van der Waals surface area contributed by atoms with Crippen molar-refractivity contribution in [3.8, 4) is 0 Å². The van der Waals surface area contributed by atoms with Crippen molar-refractivity contribution < 1.29 is 13.2 Å². The monoisotopic (exact) mass is 350 g/mol. The quantitative estimate of drug-likeness (QED) is 0.872. The second-order valence-corrected chi connectivity index (χ2v) is 6.26. The maximum absolute atomic E-state index is 13.1. The van der Waals surface area contributed by atoms with Crippen LogP contribution in [0.1, 0.15) is 25.3 Å². The van der Waals surface area contributed by atoms with Gasteiger partial charge >= 0.3 is 6.18 Å². The van der Waals surface area contributed by atoms with Crippen LogP contribution in [0, 0.1) is 5.92 Å². The fourth-order valence-corrected chi connectivity index (χ4v) is 3.04. The molecule has 0 aromatic heterocycles. The van der Waals surface area contributed by atoms with Crippen molar-refractivity contribution in [1.82, 2.24) is 0 Å². The van der Waals surface area contributed by atoms with E-state index in [-0.39, 0.29) is 11.7 Å². The molecular weight excluding hydrogens is 333 g/mol. The summed E-state index contributed by atoms with van der Waals surface area (Å²) >= 11 is 3.11. The Morgan fingerprint density at radius 2 is 1.90 bits per heavy atom. The first-order valence-corrected chi connectivity index (χ1v) is 7.45. The molecule has 20 heavy (non-hydrogen) atoms. The number of anilines is 1. The first-order chi connectivity index (χ1) is 9.29. The lowest BCUT2D eigenvalue weighted by molar-refractivity contribution is -0.137. The Morgan fingerprint density at radius 1 is 1.30 bits per heavy atom. The molecule has 2 rings (SSSR count). The van der Waals surface area contributed by atoms with E-state index >= 15 is 0 Å². The number of hydrogen-bond donors (Lipinski definition) is 1. The minimum atomic E-state index is -4.34. The number of piperidine rings is 1. The summed E-state index contributed by atoms with van der Waals surface area (Å²) in [7, 11) is 0. The van der Waals surface area contributed by atoms with Crippen molar-refractivity contribution in [2.75, 3.05) is 18.0 Å². The molecule has 6 heteroatoms. The van der Waals surface area contributed by atoms with Crippen molar-refractivity contribution in [3.05, 3.63) is 28.2 Å². The average Bonchev–Trinajstić information content (AvgIpc) is 2.38. The predicted octanol–water partition coefficient (Wildman–Crippen LogP) is 4.03. The SMILES string of the molecule is CC(N)C1CCN(c2ccc(Br)cc2C(F)(F)F)CC1. The molecular formula is C14H18BrF3N2. The summed E-state index contributed by atoms with van der Waals surface area (Å²) < 4.78 is 39.8. The largest absolute Gasteiger partial charge is 0.418 e. The van der Waals surface area contributed by atoms with Gasteiger partial charge in [-0.1, -0.05) is 15.9 Å². The van der Waals surface area contributed by atoms with Gasteiger partial charge < -0.3 is 10.6 Å². The van der Waals surface area contributed by atoms with Crippen LogP contribution < -0.4 is 10.6 Å². The predicted molar refractivity (Wildman–Crippen MR) is 77.7 cm³/mol. The Hall–Kier alpha value is -0.750. The summed E-state index contributed by atoms with van der Waals surface area (Å²) in [5, 5.41) is 0. The highest BCUT2D eigenvalue weighted by Gasteiger charge is 2.36. The molecule has 1 atom stereocenters. The average molecular weight is 351 g/mol. The first-order valence-electron chi connectivity index (χ1n) is 6.66. The van der Waals surface area contributed by atoms with E-state index < -0.39 is 11.7 Å². The maximum atomic E-state index is 13.1. The Kier molecular flexibility index (Phi) is 4.64. The van der Waals surface area contributed by atoms with E-state index in [2.05, 4.69) is 15.9 Å². The molecule has 1 heterocycles. The fourth-order valence-electron chi connectivity index (χ4n) is 2.68. The highest BCUT2D eigenvalue weighted by atomic mass is 79.9. The van der Waals surface area contributed by atoms with Crippen molar-refractivity contribution in [2.24, 2.45) is 11.7 Å². The van der Waals surface area contributed by atoms with E-state index in [0.717, 1.165) is 18.9 Å². The number of alkyl halides is 3. The summed E-state index contributed by atoms with van der Waals surface area (Å²) in [5.74, 6) is 0.399. The molecule has 0 spiro atoms. The zero-order valence-corrected chi connectivity index (χ0v) is 12.8. The Bertz CT molecular complexity index is 466. The van der Waals surface area contributed by atoms with Crippen LogP contribution in [0.25, 0.3) is 0 Å². The molecule has 2 N–H and O–H groups in total. The Morgan fingerprint density at radius 3 is 2.40 bits per heavy atom. The van der Waals surface area contributed by atoms with Crippen LogP contribution in [0.15, 0.2) is 22.7 Å². The molecule has 1 aliphatic heterocycles. The molecule has 1 unspecified atom stereocenters. The van der Waals surface area contributed by atoms with Crippen molar-refractivity contribution in [2.45, 2.75) is 32.0 Å². The molecule has 0 saturated carbocycles. The van der Waals surface area contributed by atoms with Gasteiger partial charge in [-0.25, -0.2) is 0 Å².